The summed E-state index contributed by atoms with van der Waals surface area (Å²) < 4.78 is 0. The van der Waals surface area contributed by atoms with Crippen molar-refractivity contribution in [2.24, 2.45) is 0 Å². The van der Waals surface area contributed by atoms with E-state index in [2.05, 4.69) is 10.3 Å². The summed E-state index contributed by atoms with van der Waals surface area (Å²) in [5.41, 5.74) is -1.24. The second-order valence-corrected chi connectivity index (χ2v) is 5.11. The highest BCUT2D eigenvalue weighted by Crippen LogP contribution is 2.38. The zero-order valence-electron chi connectivity index (χ0n) is 11.2. The second-order valence-electron chi connectivity index (χ2n) is 5.11. The predicted octanol–water partition coefficient (Wildman–Crippen LogP) is 2.06. The summed E-state index contributed by atoms with van der Waals surface area (Å²) in [6, 6.07) is 3.02. The number of carboxylic acids is 1. The van der Waals surface area contributed by atoms with E-state index < -0.39 is 22.1 Å². The van der Waals surface area contributed by atoms with Crippen molar-refractivity contribution in [1.29, 1.82) is 5.26 Å². The Bertz CT molecular complexity index is 617. The van der Waals surface area contributed by atoms with Gasteiger partial charge in [0.15, 0.2) is 0 Å². The molecule has 2 N–H and O–H groups in total. The maximum Gasteiger partial charge on any atom is 0.328 e. The van der Waals surface area contributed by atoms with Crippen LogP contribution in [0.2, 0.25) is 0 Å². The molecule has 21 heavy (non-hydrogen) atoms. The van der Waals surface area contributed by atoms with Gasteiger partial charge in [-0.15, -0.1) is 0 Å². The van der Waals surface area contributed by atoms with Crippen LogP contribution >= 0.6 is 0 Å². The lowest BCUT2D eigenvalue weighted by Gasteiger charge is -2.29. The number of nitrogens with one attached hydrogen (secondary N) is 1. The van der Waals surface area contributed by atoms with E-state index in [0.717, 1.165) is 12.8 Å². The fourth-order valence-electron chi connectivity index (χ4n) is 2.76. The van der Waals surface area contributed by atoms with Gasteiger partial charge in [-0.2, -0.15) is 5.26 Å². The molecule has 0 amide bonds. The smallest absolute Gasteiger partial charge is 0.328 e. The van der Waals surface area contributed by atoms with E-state index in [1.54, 1.807) is 6.07 Å². The number of anilines is 1. The van der Waals surface area contributed by atoms with Gasteiger partial charge in [0.25, 0.3) is 0 Å². The summed E-state index contributed by atoms with van der Waals surface area (Å²) in [5.74, 6) is -1.01. The summed E-state index contributed by atoms with van der Waals surface area (Å²) in [4.78, 5) is 25.5. The van der Waals surface area contributed by atoms with Crippen molar-refractivity contribution in [3.63, 3.8) is 0 Å². The minimum atomic E-state index is -0.969. The molecule has 0 saturated heterocycles. The second kappa shape index (κ2) is 5.75. The number of hydrogen-bond acceptors (Lipinski definition) is 6. The van der Waals surface area contributed by atoms with Crippen molar-refractivity contribution in [2.75, 3.05) is 5.32 Å². The van der Waals surface area contributed by atoms with E-state index in [1.165, 1.54) is 12.3 Å². The van der Waals surface area contributed by atoms with Crippen LogP contribution in [0.25, 0.3) is 0 Å². The highest BCUT2D eigenvalue weighted by molar-refractivity contribution is 5.71. The van der Waals surface area contributed by atoms with Crippen molar-refractivity contribution in [2.45, 2.75) is 37.6 Å². The zero-order valence-corrected chi connectivity index (χ0v) is 11.2. The van der Waals surface area contributed by atoms with E-state index in [0.29, 0.717) is 12.8 Å². The van der Waals surface area contributed by atoms with E-state index in [1.807, 2.05) is 0 Å². The Morgan fingerprint density at radius 1 is 1.57 bits per heavy atom. The van der Waals surface area contributed by atoms with Crippen LogP contribution in [0.15, 0.2) is 12.3 Å². The molecular weight excluding hydrogens is 276 g/mol. The lowest BCUT2D eigenvalue weighted by Crippen LogP contribution is -2.38. The highest BCUT2D eigenvalue weighted by Gasteiger charge is 2.38. The topological polar surface area (TPSA) is 129 Å². The van der Waals surface area contributed by atoms with Crippen LogP contribution in [0.3, 0.4) is 0 Å². The predicted molar refractivity (Wildman–Crippen MR) is 72.7 cm³/mol. The van der Waals surface area contributed by atoms with Gasteiger partial charge >= 0.3 is 11.7 Å². The third-order valence-corrected chi connectivity index (χ3v) is 3.66. The van der Waals surface area contributed by atoms with E-state index in [-0.39, 0.29) is 17.8 Å². The van der Waals surface area contributed by atoms with Crippen LogP contribution in [-0.2, 0) is 4.79 Å². The zero-order chi connectivity index (χ0) is 15.5. The lowest BCUT2D eigenvalue weighted by molar-refractivity contribution is -0.384. The van der Waals surface area contributed by atoms with Crippen molar-refractivity contribution in [3.8, 4) is 6.07 Å². The average molecular weight is 290 g/mol. The number of carbonyl (C=O) groups is 1. The average Bonchev–Trinajstić information content (AvgIpc) is 2.85. The molecule has 110 valence electrons. The van der Waals surface area contributed by atoms with Gasteiger partial charge in [0.05, 0.1) is 11.3 Å². The Balaban J connectivity index is 2.40. The van der Waals surface area contributed by atoms with Gasteiger partial charge in [-0.05, 0) is 18.9 Å². The van der Waals surface area contributed by atoms with E-state index in [9.17, 15) is 14.9 Å². The van der Waals surface area contributed by atoms with Crippen LogP contribution in [0.4, 0.5) is 11.5 Å². The number of hydrogen-bond donors (Lipinski definition) is 2. The first kappa shape index (κ1) is 14.7. The normalized spacial score (nSPS) is 16.1. The summed E-state index contributed by atoms with van der Waals surface area (Å²) in [6.07, 6.45) is 4.09. The quantitative estimate of drug-likeness (QED) is 0.627. The lowest BCUT2D eigenvalue weighted by atomic mass is 9.93. The molecule has 8 heteroatoms. The molecular formula is C13H14N4O4. The number of carboxylic acid groups (broad SMARTS) is 1. The maximum atomic E-state index is 11.2. The minimum Gasteiger partial charge on any atom is -0.481 e. The van der Waals surface area contributed by atoms with Gasteiger partial charge in [0.2, 0.25) is 5.82 Å². The van der Waals surface area contributed by atoms with E-state index >= 15 is 0 Å². The third-order valence-electron chi connectivity index (χ3n) is 3.66. The monoisotopic (exact) mass is 290 g/mol. The number of aromatic nitrogens is 1. The number of nitrogens with zero attached hydrogens (tertiary/aromatic N) is 3. The SMILES string of the molecule is N#Cc1ccnc(NC2(CC(=O)O)CCCC2)c1[N+](=O)[O-]. The van der Waals surface area contributed by atoms with Gasteiger partial charge in [-0.25, -0.2) is 4.98 Å². The summed E-state index contributed by atoms with van der Waals surface area (Å²) >= 11 is 0. The van der Waals surface area contributed by atoms with Gasteiger partial charge in [-0.1, -0.05) is 12.8 Å². The van der Waals surface area contributed by atoms with Crippen LogP contribution < -0.4 is 5.32 Å². The fraction of sp³-hybridized carbons (Fsp3) is 0.462. The Morgan fingerprint density at radius 2 is 2.24 bits per heavy atom. The number of aliphatic carboxylic acids is 1. The van der Waals surface area contributed by atoms with Crippen LogP contribution in [0, 0.1) is 21.4 Å². The molecule has 0 radical (unpaired) electrons. The molecule has 1 fully saturated rings. The minimum absolute atomic E-state index is 0.0396. The molecule has 1 aromatic rings. The van der Waals surface area contributed by atoms with Crippen molar-refractivity contribution >= 4 is 17.5 Å². The molecule has 0 aliphatic heterocycles. The van der Waals surface area contributed by atoms with Crippen LogP contribution in [0.1, 0.15) is 37.7 Å². The molecule has 1 aromatic heterocycles. The maximum absolute atomic E-state index is 11.2. The molecule has 1 aliphatic rings. The first-order valence-electron chi connectivity index (χ1n) is 6.51. The molecule has 0 unspecified atom stereocenters. The molecule has 1 aliphatic carbocycles. The van der Waals surface area contributed by atoms with E-state index in [4.69, 9.17) is 10.4 Å². The van der Waals surface area contributed by atoms with Gasteiger partial charge in [-0.3, -0.25) is 14.9 Å². The van der Waals surface area contributed by atoms with Crippen molar-refractivity contribution in [3.05, 3.63) is 27.9 Å². The first-order valence-corrected chi connectivity index (χ1v) is 6.51. The summed E-state index contributed by atoms with van der Waals surface area (Å²) in [5, 5.41) is 32.1. The molecule has 2 rings (SSSR count). The van der Waals surface area contributed by atoms with Crippen LogP contribution in [0.5, 0.6) is 0 Å². The molecule has 0 bridgehead atoms. The van der Waals surface area contributed by atoms with Gasteiger partial charge in [0, 0.05) is 11.7 Å². The number of pyridine rings is 1. The number of rotatable bonds is 5. The largest absolute Gasteiger partial charge is 0.481 e. The van der Waals surface area contributed by atoms with Crippen LogP contribution in [-0.4, -0.2) is 26.5 Å². The Kier molecular flexibility index (Phi) is 4.03. The van der Waals surface area contributed by atoms with Gasteiger partial charge < -0.3 is 10.4 Å². The highest BCUT2D eigenvalue weighted by atomic mass is 16.6. The van der Waals surface area contributed by atoms with Gasteiger partial charge in [0.1, 0.15) is 11.6 Å². The van der Waals surface area contributed by atoms with Crippen molar-refractivity contribution < 1.29 is 14.8 Å². The molecule has 0 spiro atoms. The number of nitro groups is 1. The molecule has 1 heterocycles. The summed E-state index contributed by atoms with van der Waals surface area (Å²) in [7, 11) is 0. The first-order chi connectivity index (χ1) is 9.97. The summed E-state index contributed by atoms with van der Waals surface area (Å²) in [6.45, 7) is 0. The molecule has 8 nitrogen and oxygen atoms in total. The molecule has 0 aromatic carbocycles. The molecule has 0 atom stereocenters. The standard InChI is InChI=1S/C13H14N4O4/c14-8-9-3-6-15-12(11(9)17(20)21)16-13(7-10(18)19)4-1-2-5-13/h3,6H,1-2,4-5,7H2,(H,15,16)(H,18,19). The third kappa shape index (κ3) is 3.08. The Hall–Kier alpha value is -2.69. The number of nitriles is 1. The Labute approximate surface area is 120 Å². The fourth-order valence-corrected chi connectivity index (χ4v) is 2.76. The Morgan fingerprint density at radius 3 is 2.76 bits per heavy atom. The molecule has 1 saturated carbocycles. The van der Waals surface area contributed by atoms with Crippen molar-refractivity contribution in [1.82, 2.24) is 4.98 Å².